The molecule has 2 heterocycles. The van der Waals surface area contributed by atoms with Crippen molar-refractivity contribution in [2.45, 2.75) is 82.5 Å². The van der Waals surface area contributed by atoms with E-state index in [1.165, 1.54) is 43.5 Å². The van der Waals surface area contributed by atoms with E-state index in [9.17, 15) is 13.2 Å². The number of likely N-dealkylation sites (tertiary alicyclic amines) is 1. The van der Waals surface area contributed by atoms with Crippen LogP contribution in [0.15, 0.2) is 6.07 Å². The zero-order valence-electron chi connectivity index (χ0n) is 16.8. The van der Waals surface area contributed by atoms with Gasteiger partial charge in [-0.1, -0.05) is 6.92 Å². The second-order valence-electron chi connectivity index (χ2n) is 8.80. The van der Waals surface area contributed by atoms with Crippen LogP contribution in [0, 0.1) is 5.92 Å². The summed E-state index contributed by atoms with van der Waals surface area (Å²) in [4.78, 5) is 2.68. The van der Waals surface area contributed by atoms with Crippen molar-refractivity contribution in [1.29, 1.82) is 0 Å². The number of rotatable bonds is 6. The molecule has 7 heteroatoms. The van der Waals surface area contributed by atoms with Gasteiger partial charge in [0.15, 0.2) is 5.69 Å². The molecule has 1 atom stereocenters. The lowest BCUT2D eigenvalue weighted by molar-refractivity contribution is -0.141. The molecule has 0 aromatic carbocycles. The first kappa shape index (κ1) is 20.6. The zero-order valence-corrected chi connectivity index (χ0v) is 17.6. The molecule has 1 unspecified atom stereocenters. The molecule has 2 aliphatic carbocycles. The van der Waals surface area contributed by atoms with Gasteiger partial charge in [-0.2, -0.15) is 30.0 Å². The van der Waals surface area contributed by atoms with Gasteiger partial charge in [0.2, 0.25) is 0 Å². The molecule has 0 bridgehead atoms. The van der Waals surface area contributed by atoms with Crippen LogP contribution in [0.2, 0.25) is 0 Å². The van der Waals surface area contributed by atoms with Crippen LogP contribution in [0.4, 0.5) is 13.2 Å². The first-order chi connectivity index (χ1) is 13.5. The molecule has 3 fully saturated rings. The van der Waals surface area contributed by atoms with E-state index in [-0.39, 0.29) is 12.0 Å². The molecule has 1 saturated heterocycles. The Kier molecular flexibility index (Phi) is 6.31. The summed E-state index contributed by atoms with van der Waals surface area (Å²) >= 11 is 2.05. The molecule has 158 valence electrons. The molecule has 1 aromatic heterocycles. The lowest BCUT2D eigenvalue weighted by atomic mass is 9.82. The molecule has 0 spiro atoms. The molecule has 4 rings (SSSR count). The Bertz CT molecular complexity index is 648. The minimum Gasteiger partial charge on any atom is -0.300 e. The summed E-state index contributed by atoms with van der Waals surface area (Å²) < 4.78 is 41.2. The molecule has 0 amide bonds. The number of hydrogen-bond acceptors (Lipinski definition) is 3. The summed E-state index contributed by atoms with van der Waals surface area (Å²) in [5, 5.41) is 3.94. The van der Waals surface area contributed by atoms with E-state index in [0.29, 0.717) is 6.04 Å². The number of thioether (sulfide) groups is 1. The van der Waals surface area contributed by atoms with E-state index in [1.54, 1.807) is 4.68 Å². The Morgan fingerprint density at radius 2 is 1.79 bits per heavy atom. The first-order valence-corrected chi connectivity index (χ1v) is 12.1. The quantitative estimate of drug-likeness (QED) is 0.592. The minimum atomic E-state index is -4.34. The maximum atomic E-state index is 13.2. The highest BCUT2D eigenvalue weighted by molar-refractivity contribution is 7.99. The molecule has 3 nitrogen and oxygen atoms in total. The summed E-state index contributed by atoms with van der Waals surface area (Å²) in [6, 6.07) is 2.15. The third-order valence-corrected chi connectivity index (χ3v) is 7.80. The summed E-state index contributed by atoms with van der Waals surface area (Å²) in [7, 11) is 0. The van der Waals surface area contributed by atoms with Crippen LogP contribution in [0.3, 0.4) is 0 Å². The summed E-state index contributed by atoms with van der Waals surface area (Å²) in [5.74, 6) is 3.50. The van der Waals surface area contributed by atoms with Gasteiger partial charge in [0.1, 0.15) is 0 Å². The fourth-order valence-electron chi connectivity index (χ4n) is 5.05. The van der Waals surface area contributed by atoms with Crippen molar-refractivity contribution in [2.24, 2.45) is 5.92 Å². The van der Waals surface area contributed by atoms with Gasteiger partial charge in [-0.15, -0.1) is 0 Å². The van der Waals surface area contributed by atoms with Crippen LogP contribution in [0.5, 0.6) is 0 Å². The average molecular weight is 416 g/mol. The Balaban J connectivity index is 1.37. The van der Waals surface area contributed by atoms with Gasteiger partial charge in [0.05, 0.1) is 6.04 Å². The van der Waals surface area contributed by atoms with Crippen molar-refractivity contribution in [3.63, 3.8) is 0 Å². The molecule has 0 N–H and O–H groups in total. The smallest absolute Gasteiger partial charge is 0.300 e. The minimum absolute atomic E-state index is 0.197. The second kappa shape index (κ2) is 8.58. The topological polar surface area (TPSA) is 21.1 Å². The Hall–Kier alpha value is -0.690. The van der Waals surface area contributed by atoms with Gasteiger partial charge >= 0.3 is 6.18 Å². The van der Waals surface area contributed by atoms with E-state index in [0.717, 1.165) is 50.1 Å². The maximum Gasteiger partial charge on any atom is 0.435 e. The van der Waals surface area contributed by atoms with Crippen molar-refractivity contribution in [3.8, 4) is 0 Å². The molecule has 1 aromatic rings. The highest BCUT2D eigenvalue weighted by Crippen LogP contribution is 2.43. The number of aromatic nitrogens is 2. The molecule has 0 radical (unpaired) electrons. The van der Waals surface area contributed by atoms with E-state index in [1.807, 2.05) is 11.8 Å². The molecule has 2 saturated carbocycles. The largest absolute Gasteiger partial charge is 0.435 e. The molecule has 28 heavy (non-hydrogen) atoms. The van der Waals surface area contributed by atoms with Crippen molar-refractivity contribution in [3.05, 3.63) is 17.5 Å². The number of hydrogen-bond donors (Lipinski definition) is 0. The van der Waals surface area contributed by atoms with E-state index < -0.39 is 11.9 Å². The van der Waals surface area contributed by atoms with Crippen molar-refractivity contribution in [1.82, 2.24) is 14.7 Å². The fourth-order valence-corrected chi connectivity index (χ4v) is 5.89. The number of piperidine rings is 1. The Labute approximate surface area is 170 Å². The van der Waals surface area contributed by atoms with Crippen LogP contribution in [0.1, 0.15) is 81.6 Å². The number of alkyl halides is 3. The zero-order chi connectivity index (χ0) is 19.7. The highest BCUT2D eigenvalue weighted by Gasteiger charge is 2.39. The van der Waals surface area contributed by atoms with Crippen LogP contribution >= 0.6 is 11.8 Å². The summed E-state index contributed by atoms with van der Waals surface area (Å²) in [6.45, 7) is 4.63. The van der Waals surface area contributed by atoms with Crippen LogP contribution < -0.4 is 0 Å². The van der Waals surface area contributed by atoms with Gasteiger partial charge in [0.25, 0.3) is 0 Å². The lowest BCUT2D eigenvalue weighted by Crippen LogP contribution is -2.44. The maximum absolute atomic E-state index is 13.2. The third-order valence-electron chi connectivity index (χ3n) is 6.69. The summed E-state index contributed by atoms with van der Waals surface area (Å²) in [5.41, 5.74) is 0.132. The normalized spacial score (nSPS) is 29.9. The van der Waals surface area contributed by atoms with E-state index in [2.05, 4.69) is 16.9 Å². The Morgan fingerprint density at radius 3 is 2.43 bits per heavy atom. The van der Waals surface area contributed by atoms with E-state index >= 15 is 0 Å². The number of halogens is 3. The third kappa shape index (κ3) is 4.72. The first-order valence-electron chi connectivity index (χ1n) is 10.9. The monoisotopic (exact) mass is 415 g/mol. The van der Waals surface area contributed by atoms with Gasteiger partial charge in [-0.3, -0.25) is 4.68 Å². The molecular weight excluding hydrogens is 383 g/mol. The molecular formula is C21H32F3N3S. The van der Waals surface area contributed by atoms with Gasteiger partial charge in [-0.05, 0) is 81.4 Å². The van der Waals surface area contributed by atoms with Crippen LogP contribution in [-0.4, -0.2) is 45.3 Å². The van der Waals surface area contributed by atoms with Crippen molar-refractivity contribution in [2.75, 3.05) is 24.6 Å². The fraction of sp³-hybridized carbons (Fsp3) is 0.857. The highest BCUT2D eigenvalue weighted by atomic mass is 32.2. The summed E-state index contributed by atoms with van der Waals surface area (Å²) in [6.07, 6.45) is 4.42. The van der Waals surface area contributed by atoms with Gasteiger partial charge in [-0.25, -0.2) is 0 Å². The van der Waals surface area contributed by atoms with Gasteiger partial charge in [0, 0.05) is 24.2 Å². The average Bonchev–Trinajstić information content (AvgIpc) is 3.43. The SMILES string of the molecule is CCSCC1CCCN(C2CCC(c3cc(C(F)(F)F)nn3C3CC3)CC2)C1. The van der Waals surface area contributed by atoms with Crippen LogP contribution in [0.25, 0.3) is 0 Å². The molecule has 1 aliphatic heterocycles. The van der Waals surface area contributed by atoms with Crippen molar-refractivity contribution < 1.29 is 13.2 Å². The Morgan fingerprint density at radius 1 is 1.07 bits per heavy atom. The standard InChI is InChI=1S/C21H32F3N3S/c1-2-28-14-15-4-3-11-26(13-15)17-7-5-16(6-8-17)19-12-20(21(22,23)24)25-27(19)18-9-10-18/h12,15-18H,2-11,13-14H2,1H3. The van der Waals surface area contributed by atoms with Gasteiger partial charge < -0.3 is 4.90 Å². The second-order valence-corrected chi connectivity index (χ2v) is 10.1. The number of nitrogens with zero attached hydrogens (tertiary/aromatic N) is 3. The predicted molar refractivity (Wildman–Crippen MR) is 108 cm³/mol. The predicted octanol–water partition coefficient (Wildman–Crippen LogP) is 5.73. The van der Waals surface area contributed by atoms with E-state index in [4.69, 9.17) is 0 Å². The van der Waals surface area contributed by atoms with Crippen LogP contribution in [-0.2, 0) is 6.18 Å². The van der Waals surface area contributed by atoms with Crippen molar-refractivity contribution >= 4 is 11.8 Å². The molecule has 3 aliphatic rings. The lowest BCUT2D eigenvalue weighted by Gasteiger charge is -2.41.